The van der Waals surface area contributed by atoms with Crippen LogP contribution in [0.25, 0.3) is 0 Å². The van der Waals surface area contributed by atoms with E-state index >= 15 is 0 Å². The monoisotopic (exact) mass is 361 g/mol. The minimum Gasteiger partial charge on any atom is -0.493 e. The number of anilines is 1. The molecule has 27 heavy (non-hydrogen) atoms. The second kappa shape index (κ2) is 8.67. The molecule has 0 bridgehead atoms. The van der Waals surface area contributed by atoms with E-state index < -0.39 is 5.97 Å². The molecule has 0 fully saturated rings. The summed E-state index contributed by atoms with van der Waals surface area (Å²) in [5.74, 6) is -0.667. The number of hydrogen-bond acceptors (Lipinski definition) is 3. The molecular formula is C22H19NO4. The zero-order chi connectivity index (χ0) is 19.1. The average molecular weight is 361 g/mol. The molecule has 3 aromatic rings. The van der Waals surface area contributed by atoms with Gasteiger partial charge in [-0.1, -0.05) is 36.4 Å². The van der Waals surface area contributed by atoms with Crippen molar-refractivity contribution >= 4 is 17.6 Å². The van der Waals surface area contributed by atoms with E-state index in [0.717, 1.165) is 6.42 Å². The molecule has 136 valence electrons. The smallest absolute Gasteiger partial charge is 0.335 e. The van der Waals surface area contributed by atoms with Gasteiger partial charge in [0.2, 0.25) is 0 Å². The van der Waals surface area contributed by atoms with Crippen LogP contribution in [-0.4, -0.2) is 23.6 Å². The molecule has 2 N–H and O–H groups in total. The molecule has 0 aliphatic rings. The SMILES string of the molecule is O=C(O)c1ccc(NC(=O)c2cccc(OCCc3ccccc3)c2)cc1. The van der Waals surface area contributed by atoms with Gasteiger partial charge in [-0.15, -0.1) is 0 Å². The van der Waals surface area contributed by atoms with Crippen molar-refractivity contribution in [3.05, 3.63) is 95.6 Å². The van der Waals surface area contributed by atoms with Gasteiger partial charge in [-0.05, 0) is 48.0 Å². The lowest BCUT2D eigenvalue weighted by molar-refractivity contribution is 0.0696. The Morgan fingerprint density at radius 2 is 1.59 bits per heavy atom. The largest absolute Gasteiger partial charge is 0.493 e. The maximum Gasteiger partial charge on any atom is 0.335 e. The van der Waals surface area contributed by atoms with Crippen LogP contribution >= 0.6 is 0 Å². The van der Waals surface area contributed by atoms with Crippen molar-refractivity contribution in [2.45, 2.75) is 6.42 Å². The fourth-order valence-electron chi connectivity index (χ4n) is 2.56. The molecule has 5 nitrogen and oxygen atoms in total. The van der Waals surface area contributed by atoms with Crippen LogP contribution in [0.15, 0.2) is 78.9 Å². The lowest BCUT2D eigenvalue weighted by atomic mass is 10.1. The number of hydrogen-bond donors (Lipinski definition) is 2. The average Bonchev–Trinajstić information content (AvgIpc) is 2.69. The van der Waals surface area contributed by atoms with Crippen LogP contribution in [0.2, 0.25) is 0 Å². The number of rotatable bonds is 7. The molecule has 0 radical (unpaired) electrons. The molecule has 0 aromatic heterocycles. The highest BCUT2D eigenvalue weighted by Gasteiger charge is 2.08. The topological polar surface area (TPSA) is 75.6 Å². The third-order valence-corrected chi connectivity index (χ3v) is 3.99. The van der Waals surface area contributed by atoms with E-state index in [4.69, 9.17) is 9.84 Å². The van der Waals surface area contributed by atoms with Gasteiger partial charge in [0.15, 0.2) is 0 Å². The molecule has 5 heteroatoms. The van der Waals surface area contributed by atoms with Gasteiger partial charge in [-0.3, -0.25) is 4.79 Å². The fraction of sp³-hybridized carbons (Fsp3) is 0.0909. The van der Waals surface area contributed by atoms with Crippen molar-refractivity contribution in [2.75, 3.05) is 11.9 Å². The normalized spacial score (nSPS) is 10.2. The molecule has 0 spiro atoms. The zero-order valence-corrected chi connectivity index (χ0v) is 14.6. The van der Waals surface area contributed by atoms with Gasteiger partial charge in [-0.25, -0.2) is 4.79 Å². The summed E-state index contributed by atoms with van der Waals surface area (Å²) in [7, 11) is 0. The molecule has 0 saturated heterocycles. The van der Waals surface area contributed by atoms with E-state index in [1.807, 2.05) is 36.4 Å². The summed E-state index contributed by atoms with van der Waals surface area (Å²) in [5.41, 5.74) is 2.35. The first-order valence-corrected chi connectivity index (χ1v) is 8.53. The molecular weight excluding hydrogens is 342 g/mol. The Bertz CT molecular complexity index is 921. The second-order valence-electron chi connectivity index (χ2n) is 5.95. The third kappa shape index (κ3) is 5.19. The van der Waals surface area contributed by atoms with E-state index in [1.54, 1.807) is 30.3 Å². The van der Waals surface area contributed by atoms with Gasteiger partial charge in [0.1, 0.15) is 5.75 Å². The minimum atomic E-state index is -1.01. The fourth-order valence-corrected chi connectivity index (χ4v) is 2.56. The zero-order valence-electron chi connectivity index (χ0n) is 14.6. The number of benzene rings is 3. The first-order chi connectivity index (χ1) is 13.1. The maximum absolute atomic E-state index is 12.4. The van der Waals surface area contributed by atoms with Crippen molar-refractivity contribution in [1.29, 1.82) is 0 Å². The Hall–Kier alpha value is -3.60. The summed E-state index contributed by atoms with van der Waals surface area (Å²) in [6, 6.07) is 23.0. The van der Waals surface area contributed by atoms with Gasteiger partial charge >= 0.3 is 5.97 Å². The third-order valence-electron chi connectivity index (χ3n) is 3.99. The summed E-state index contributed by atoms with van der Waals surface area (Å²) < 4.78 is 5.75. The van der Waals surface area contributed by atoms with E-state index in [2.05, 4.69) is 5.32 Å². The van der Waals surface area contributed by atoms with E-state index in [1.165, 1.54) is 17.7 Å². The van der Waals surface area contributed by atoms with Crippen LogP contribution in [0.5, 0.6) is 5.75 Å². The highest BCUT2D eigenvalue weighted by Crippen LogP contribution is 2.16. The first-order valence-electron chi connectivity index (χ1n) is 8.53. The number of carbonyl (C=O) groups excluding carboxylic acids is 1. The molecule has 0 heterocycles. The Morgan fingerprint density at radius 3 is 2.30 bits per heavy atom. The Kier molecular flexibility index (Phi) is 5.84. The number of amides is 1. The van der Waals surface area contributed by atoms with Crippen LogP contribution in [0.3, 0.4) is 0 Å². The Labute approximate surface area is 157 Å². The van der Waals surface area contributed by atoms with Gasteiger partial charge in [-0.2, -0.15) is 0 Å². The van der Waals surface area contributed by atoms with Crippen LogP contribution in [-0.2, 0) is 6.42 Å². The molecule has 3 rings (SSSR count). The number of ether oxygens (including phenoxy) is 1. The summed E-state index contributed by atoms with van der Waals surface area (Å²) in [6.07, 6.45) is 0.785. The van der Waals surface area contributed by atoms with Crippen molar-refractivity contribution in [3.8, 4) is 5.75 Å². The van der Waals surface area contributed by atoms with Crippen molar-refractivity contribution < 1.29 is 19.4 Å². The standard InChI is InChI=1S/C22H19NO4/c24-21(23-19-11-9-17(10-12-19)22(25)26)18-7-4-8-20(15-18)27-14-13-16-5-2-1-3-6-16/h1-12,15H,13-14H2,(H,23,24)(H,25,26). The van der Waals surface area contributed by atoms with E-state index in [-0.39, 0.29) is 11.5 Å². The van der Waals surface area contributed by atoms with Crippen LogP contribution in [0.4, 0.5) is 5.69 Å². The van der Waals surface area contributed by atoms with Crippen molar-refractivity contribution in [1.82, 2.24) is 0 Å². The maximum atomic E-state index is 12.4. The number of nitrogens with one attached hydrogen (secondary N) is 1. The quantitative estimate of drug-likeness (QED) is 0.659. The van der Waals surface area contributed by atoms with Gasteiger partial charge < -0.3 is 15.2 Å². The number of carboxylic acid groups (broad SMARTS) is 1. The molecule has 1 amide bonds. The molecule has 3 aromatic carbocycles. The number of carbonyl (C=O) groups is 2. The van der Waals surface area contributed by atoms with E-state index in [0.29, 0.717) is 23.6 Å². The first kappa shape index (κ1) is 18.2. The van der Waals surface area contributed by atoms with Crippen LogP contribution in [0.1, 0.15) is 26.3 Å². The van der Waals surface area contributed by atoms with Gasteiger partial charge in [0.05, 0.1) is 12.2 Å². The number of carboxylic acids is 1. The van der Waals surface area contributed by atoms with Gasteiger partial charge in [0, 0.05) is 17.7 Å². The predicted octanol–water partition coefficient (Wildman–Crippen LogP) is 4.26. The van der Waals surface area contributed by atoms with Crippen molar-refractivity contribution in [2.24, 2.45) is 0 Å². The summed E-state index contributed by atoms with van der Waals surface area (Å²) in [6.45, 7) is 0.520. The predicted molar refractivity (Wildman–Crippen MR) is 103 cm³/mol. The molecule has 0 unspecified atom stereocenters. The number of aromatic carboxylic acids is 1. The summed E-state index contributed by atoms with van der Waals surface area (Å²) in [5, 5.41) is 11.7. The molecule has 0 atom stereocenters. The minimum absolute atomic E-state index is 0.168. The second-order valence-corrected chi connectivity index (χ2v) is 5.95. The summed E-state index contributed by atoms with van der Waals surface area (Å²) >= 11 is 0. The highest BCUT2D eigenvalue weighted by atomic mass is 16.5. The molecule has 0 saturated carbocycles. The molecule has 0 aliphatic heterocycles. The highest BCUT2D eigenvalue weighted by molar-refractivity contribution is 6.04. The lowest BCUT2D eigenvalue weighted by Crippen LogP contribution is -2.12. The Morgan fingerprint density at radius 1 is 0.852 bits per heavy atom. The molecule has 0 aliphatic carbocycles. The lowest BCUT2D eigenvalue weighted by Gasteiger charge is -2.09. The Balaban J connectivity index is 1.58. The summed E-state index contributed by atoms with van der Waals surface area (Å²) in [4.78, 5) is 23.3. The van der Waals surface area contributed by atoms with Crippen LogP contribution in [0, 0.1) is 0 Å². The van der Waals surface area contributed by atoms with Crippen LogP contribution < -0.4 is 10.1 Å². The van der Waals surface area contributed by atoms with Crippen molar-refractivity contribution in [3.63, 3.8) is 0 Å². The van der Waals surface area contributed by atoms with E-state index in [9.17, 15) is 9.59 Å². The van der Waals surface area contributed by atoms with Gasteiger partial charge in [0.25, 0.3) is 5.91 Å².